The third kappa shape index (κ3) is 9.51. The molecule has 3 N–H and O–H groups in total. The Kier molecular flexibility index (Phi) is 6.06. The summed E-state index contributed by atoms with van der Waals surface area (Å²) in [6.07, 6.45) is 2.48. The van der Waals surface area contributed by atoms with E-state index in [0.29, 0.717) is 6.54 Å². The normalized spacial score (nSPS) is 13.9. The van der Waals surface area contributed by atoms with Crippen molar-refractivity contribution in [2.75, 3.05) is 24.4 Å². The van der Waals surface area contributed by atoms with E-state index in [0.717, 1.165) is 19.1 Å². The molecule has 17 heavy (non-hydrogen) atoms. The molecule has 0 bridgehead atoms. The maximum absolute atomic E-state index is 11.5. The number of nitrogens with one attached hydrogen (secondary N) is 1. The molecule has 0 saturated heterocycles. The molecule has 0 saturated carbocycles. The topological polar surface area (TPSA) is 106 Å². The van der Waals surface area contributed by atoms with Gasteiger partial charge in [0.05, 0.1) is 0 Å². The Morgan fingerprint density at radius 3 is 2.12 bits per heavy atom. The van der Waals surface area contributed by atoms with E-state index in [4.69, 9.17) is 5.73 Å². The van der Waals surface area contributed by atoms with Crippen molar-refractivity contribution in [2.24, 2.45) is 11.1 Å². The Balaban J connectivity index is 4.36. The van der Waals surface area contributed by atoms with Gasteiger partial charge in [0, 0.05) is 12.8 Å². The molecule has 0 aliphatic carbocycles. The lowest BCUT2D eigenvalue weighted by Crippen LogP contribution is -2.37. The molecule has 0 rings (SSSR count). The molecule has 0 aliphatic heterocycles. The third-order valence-electron chi connectivity index (χ3n) is 2.20. The summed E-state index contributed by atoms with van der Waals surface area (Å²) in [7, 11) is -7.30. The van der Waals surface area contributed by atoms with Crippen LogP contribution in [-0.2, 0) is 19.9 Å². The van der Waals surface area contributed by atoms with Gasteiger partial charge in [0.25, 0.3) is 0 Å². The molecule has 0 heterocycles. The van der Waals surface area contributed by atoms with E-state index in [2.05, 4.69) is 4.72 Å². The fourth-order valence-electron chi connectivity index (χ4n) is 1.30. The quantitative estimate of drug-likeness (QED) is 0.635. The van der Waals surface area contributed by atoms with Gasteiger partial charge in [0.1, 0.15) is 0 Å². The highest BCUT2D eigenvalue weighted by atomic mass is 32.3. The van der Waals surface area contributed by atoms with Gasteiger partial charge in [0.2, 0.25) is 10.0 Å². The maximum Gasteiger partial charge on any atom is 0.226 e. The fourth-order valence-corrected chi connectivity index (χ4v) is 4.50. The minimum absolute atomic E-state index is 0.213. The van der Waals surface area contributed by atoms with Crippen molar-refractivity contribution in [3.63, 3.8) is 0 Å². The second-order valence-corrected chi connectivity index (χ2v) is 9.35. The van der Waals surface area contributed by atoms with Crippen molar-refractivity contribution in [3.8, 4) is 0 Å². The summed E-state index contributed by atoms with van der Waals surface area (Å²) in [6, 6.07) is 0. The van der Waals surface area contributed by atoms with Crippen LogP contribution >= 0.6 is 0 Å². The Labute approximate surface area is 104 Å². The second-order valence-electron chi connectivity index (χ2n) is 5.04. The molecule has 104 valence electrons. The first-order valence-corrected chi connectivity index (χ1v) is 9.04. The molecule has 8 heteroatoms. The first-order valence-electron chi connectivity index (χ1n) is 5.33. The maximum atomic E-state index is 11.5. The van der Waals surface area contributed by atoms with Gasteiger partial charge in [-0.25, -0.2) is 21.6 Å². The third-order valence-corrected chi connectivity index (χ3v) is 5.74. The van der Waals surface area contributed by atoms with E-state index >= 15 is 0 Å². The van der Waals surface area contributed by atoms with Crippen LogP contribution in [0.1, 0.15) is 26.7 Å². The highest BCUT2D eigenvalue weighted by Crippen LogP contribution is 2.20. The molecule has 0 aromatic carbocycles. The lowest BCUT2D eigenvalue weighted by molar-refractivity contribution is 0.327. The first-order chi connectivity index (χ1) is 7.47. The molecule has 0 aromatic rings. The van der Waals surface area contributed by atoms with Crippen molar-refractivity contribution in [3.05, 3.63) is 0 Å². The van der Waals surface area contributed by atoms with Crippen LogP contribution in [0.2, 0.25) is 0 Å². The zero-order chi connectivity index (χ0) is 13.7. The number of sulfonamides is 1. The van der Waals surface area contributed by atoms with Crippen molar-refractivity contribution in [2.45, 2.75) is 26.7 Å². The molecule has 6 nitrogen and oxygen atoms in total. The Morgan fingerprint density at radius 2 is 1.71 bits per heavy atom. The fraction of sp³-hybridized carbons (Fsp3) is 1.00. The summed E-state index contributed by atoms with van der Waals surface area (Å²) in [5.74, 6) is 0. The molecule has 0 aromatic heterocycles. The molecule has 0 aliphatic rings. The average molecular weight is 286 g/mol. The van der Waals surface area contributed by atoms with Crippen molar-refractivity contribution in [1.29, 1.82) is 0 Å². The Bertz CT molecular complexity index is 426. The second kappa shape index (κ2) is 6.12. The Morgan fingerprint density at radius 1 is 1.18 bits per heavy atom. The molecular formula is C9H22N2O4S2. The monoisotopic (exact) mass is 286 g/mol. The average Bonchev–Trinajstić information content (AvgIpc) is 2.08. The standard InChI is InChI=1S/C9H22N2O4S2/c1-9(2,5-4-6-10)7-11-17(14,15)8-16(3,12)13/h11H,4-8,10H2,1-3H3. The summed E-state index contributed by atoms with van der Waals surface area (Å²) >= 11 is 0. The number of hydrogen-bond donors (Lipinski definition) is 2. The van der Waals surface area contributed by atoms with Gasteiger partial charge in [-0.1, -0.05) is 13.8 Å². The van der Waals surface area contributed by atoms with Gasteiger partial charge < -0.3 is 5.73 Å². The zero-order valence-electron chi connectivity index (χ0n) is 10.6. The van der Waals surface area contributed by atoms with Crippen LogP contribution in [0.5, 0.6) is 0 Å². The molecule has 0 fully saturated rings. The van der Waals surface area contributed by atoms with Crippen LogP contribution in [0.15, 0.2) is 0 Å². The van der Waals surface area contributed by atoms with E-state index in [1.54, 1.807) is 0 Å². The molecular weight excluding hydrogens is 264 g/mol. The number of sulfone groups is 1. The van der Waals surface area contributed by atoms with E-state index in [1.807, 2.05) is 13.8 Å². The van der Waals surface area contributed by atoms with Crippen LogP contribution in [-0.4, -0.2) is 41.3 Å². The van der Waals surface area contributed by atoms with E-state index < -0.39 is 24.9 Å². The summed E-state index contributed by atoms with van der Waals surface area (Å²) in [6.45, 7) is 4.58. The smallest absolute Gasteiger partial charge is 0.226 e. The predicted molar refractivity (Wildman–Crippen MR) is 68.7 cm³/mol. The van der Waals surface area contributed by atoms with E-state index in [1.165, 1.54) is 0 Å². The van der Waals surface area contributed by atoms with Crippen LogP contribution in [0.3, 0.4) is 0 Å². The number of rotatable bonds is 8. The lowest BCUT2D eigenvalue weighted by atomic mass is 9.88. The molecule has 0 spiro atoms. The van der Waals surface area contributed by atoms with Crippen molar-refractivity contribution < 1.29 is 16.8 Å². The highest BCUT2D eigenvalue weighted by Gasteiger charge is 2.23. The van der Waals surface area contributed by atoms with Gasteiger partial charge >= 0.3 is 0 Å². The summed E-state index contributed by atoms with van der Waals surface area (Å²) in [5, 5.41) is -0.868. The minimum atomic E-state index is -3.77. The lowest BCUT2D eigenvalue weighted by Gasteiger charge is -2.24. The molecule has 0 atom stereocenters. The Hall–Kier alpha value is -0.180. The van der Waals surface area contributed by atoms with E-state index in [9.17, 15) is 16.8 Å². The predicted octanol–water partition coefficient (Wildman–Crippen LogP) is -0.327. The van der Waals surface area contributed by atoms with Crippen LogP contribution in [0.4, 0.5) is 0 Å². The van der Waals surface area contributed by atoms with Gasteiger partial charge in [-0.2, -0.15) is 0 Å². The molecule has 0 amide bonds. The largest absolute Gasteiger partial charge is 0.330 e. The minimum Gasteiger partial charge on any atom is -0.330 e. The summed E-state index contributed by atoms with van der Waals surface area (Å²) in [5.41, 5.74) is 5.15. The van der Waals surface area contributed by atoms with E-state index in [-0.39, 0.29) is 12.0 Å². The van der Waals surface area contributed by atoms with Crippen LogP contribution in [0.25, 0.3) is 0 Å². The van der Waals surface area contributed by atoms with Crippen molar-refractivity contribution in [1.82, 2.24) is 4.72 Å². The summed E-state index contributed by atoms with van der Waals surface area (Å²) in [4.78, 5) is 0. The van der Waals surface area contributed by atoms with Gasteiger partial charge in [-0.3, -0.25) is 0 Å². The van der Waals surface area contributed by atoms with Gasteiger partial charge in [-0.05, 0) is 24.8 Å². The van der Waals surface area contributed by atoms with Crippen LogP contribution in [0, 0.1) is 5.41 Å². The molecule has 0 unspecified atom stereocenters. The first kappa shape index (κ1) is 16.8. The molecule has 0 radical (unpaired) electrons. The van der Waals surface area contributed by atoms with Crippen molar-refractivity contribution >= 4 is 19.9 Å². The number of hydrogen-bond acceptors (Lipinski definition) is 5. The summed E-state index contributed by atoms with van der Waals surface area (Å²) < 4.78 is 47.0. The van der Waals surface area contributed by atoms with Gasteiger partial charge in [-0.15, -0.1) is 0 Å². The highest BCUT2D eigenvalue weighted by molar-refractivity contribution is 8.06. The number of nitrogens with two attached hydrogens (primary N) is 1. The zero-order valence-corrected chi connectivity index (χ0v) is 12.2. The van der Waals surface area contributed by atoms with Gasteiger partial charge in [0.15, 0.2) is 14.9 Å². The SMILES string of the molecule is CC(C)(CCCN)CNS(=O)(=O)CS(C)(=O)=O. The van der Waals surface area contributed by atoms with Crippen LogP contribution < -0.4 is 10.5 Å².